The molecule has 0 heterocycles. The summed E-state index contributed by atoms with van der Waals surface area (Å²) in [6, 6.07) is 3.89. The van der Waals surface area contributed by atoms with E-state index < -0.39 is 16.4 Å². The largest absolute Gasteiger partial charge is 0.328 e. The summed E-state index contributed by atoms with van der Waals surface area (Å²) in [5, 5.41) is 10.4. The van der Waals surface area contributed by atoms with Gasteiger partial charge in [-0.05, 0) is 18.9 Å². The third kappa shape index (κ3) is 2.26. The molecule has 4 nitrogen and oxygen atoms in total. The highest BCUT2D eigenvalue weighted by Crippen LogP contribution is 2.20. The van der Waals surface area contributed by atoms with Crippen LogP contribution >= 0.6 is 0 Å². The zero-order valence-electron chi connectivity index (χ0n) is 7.74. The SMILES string of the molecule is CC(N)Cc1cccc([N+](=O)[O-])c1F. The van der Waals surface area contributed by atoms with Gasteiger partial charge in [-0.15, -0.1) is 0 Å². The molecule has 14 heavy (non-hydrogen) atoms. The summed E-state index contributed by atoms with van der Waals surface area (Å²) in [7, 11) is 0. The van der Waals surface area contributed by atoms with Crippen LogP contribution in [0.2, 0.25) is 0 Å². The van der Waals surface area contributed by atoms with E-state index >= 15 is 0 Å². The third-order valence-electron chi connectivity index (χ3n) is 1.80. The molecule has 0 aliphatic carbocycles. The lowest BCUT2D eigenvalue weighted by atomic mass is 10.1. The Morgan fingerprint density at radius 3 is 2.79 bits per heavy atom. The molecule has 0 aliphatic rings. The van der Waals surface area contributed by atoms with E-state index in [9.17, 15) is 14.5 Å². The molecule has 0 bridgehead atoms. The molecule has 0 aliphatic heterocycles. The fourth-order valence-corrected chi connectivity index (χ4v) is 1.21. The minimum Gasteiger partial charge on any atom is -0.328 e. The zero-order valence-corrected chi connectivity index (χ0v) is 7.74. The Balaban J connectivity index is 3.07. The summed E-state index contributed by atoms with van der Waals surface area (Å²) >= 11 is 0. The number of nitrogens with zero attached hydrogens (tertiary/aromatic N) is 1. The second kappa shape index (κ2) is 4.15. The molecule has 0 amide bonds. The van der Waals surface area contributed by atoms with Crippen LogP contribution in [-0.2, 0) is 6.42 Å². The summed E-state index contributed by atoms with van der Waals surface area (Å²) in [4.78, 5) is 9.66. The molecule has 1 aromatic rings. The summed E-state index contributed by atoms with van der Waals surface area (Å²) in [6.45, 7) is 1.72. The van der Waals surface area contributed by atoms with Gasteiger partial charge < -0.3 is 5.73 Å². The zero-order chi connectivity index (χ0) is 10.7. The summed E-state index contributed by atoms with van der Waals surface area (Å²) in [5.74, 6) is -0.783. The second-order valence-corrected chi connectivity index (χ2v) is 3.19. The van der Waals surface area contributed by atoms with Crippen LogP contribution in [0.4, 0.5) is 10.1 Å². The Labute approximate surface area is 80.7 Å². The fourth-order valence-electron chi connectivity index (χ4n) is 1.21. The van der Waals surface area contributed by atoms with Crippen molar-refractivity contribution in [3.8, 4) is 0 Å². The lowest BCUT2D eigenvalue weighted by Crippen LogP contribution is -2.18. The van der Waals surface area contributed by atoms with Crippen molar-refractivity contribution in [2.75, 3.05) is 0 Å². The van der Waals surface area contributed by atoms with E-state index in [1.54, 1.807) is 6.92 Å². The highest BCUT2D eigenvalue weighted by Gasteiger charge is 2.17. The summed E-state index contributed by atoms with van der Waals surface area (Å²) in [6.07, 6.45) is 0.299. The van der Waals surface area contributed by atoms with E-state index in [1.165, 1.54) is 12.1 Å². The van der Waals surface area contributed by atoms with E-state index in [0.717, 1.165) is 6.07 Å². The average molecular weight is 198 g/mol. The maximum atomic E-state index is 13.4. The van der Waals surface area contributed by atoms with Gasteiger partial charge in [-0.1, -0.05) is 12.1 Å². The van der Waals surface area contributed by atoms with Crippen LogP contribution in [0.25, 0.3) is 0 Å². The van der Waals surface area contributed by atoms with Crippen molar-refractivity contribution in [1.29, 1.82) is 0 Å². The number of rotatable bonds is 3. The highest BCUT2D eigenvalue weighted by molar-refractivity contribution is 5.37. The van der Waals surface area contributed by atoms with Gasteiger partial charge in [0.05, 0.1) is 4.92 Å². The van der Waals surface area contributed by atoms with Gasteiger partial charge in [0.25, 0.3) is 0 Å². The Morgan fingerprint density at radius 1 is 1.64 bits per heavy atom. The molecule has 0 saturated heterocycles. The number of benzene rings is 1. The Morgan fingerprint density at radius 2 is 2.29 bits per heavy atom. The lowest BCUT2D eigenvalue weighted by molar-refractivity contribution is -0.387. The van der Waals surface area contributed by atoms with Crippen LogP contribution in [0.3, 0.4) is 0 Å². The maximum absolute atomic E-state index is 13.4. The van der Waals surface area contributed by atoms with Crippen LogP contribution in [-0.4, -0.2) is 11.0 Å². The van der Waals surface area contributed by atoms with Crippen molar-refractivity contribution in [3.63, 3.8) is 0 Å². The topological polar surface area (TPSA) is 69.2 Å². The molecule has 0 spiro atoms. The van der Waals surface area contributed by atoms with Crippen LogP contribution in [0.15, 0.2) is 18.2 Å². The average Bonchev–Trinajstić information content (AvgIpc) is 2.07. The van der Waals surface area contributed by atoms with Crippen LogP contribution in [0, 0.1) is 15.9 Å². The van der Waals surface area contributed by atoms with Crippen LogP contribution in [0.5, 0.6) is 0 Å². The number of hydrogen-bond acceptors (Lipinski definition) is 3. The molecule has 0 fully saturated rings. The van der Waals surface area contributed by atoms with Crippen molar-refractivity contribution < 1.29 is 9.31 Å². The van der Waals surface area contributed by atoms with Crippen molar-refractivity contribution in [3.05, 3.63) is 39.7 Å². The Kier molecular flexibility index (Phi) is 3.14. The number of nitrogens with two attached hydrogens (primary N) is 1. The molecule has 1 atom stereocenters. The number of hydrogen-bond donors (Lipinski definition) is 1. The molecule has 1 rings (SSSR count). The van der Waals surface area contributed by atoms with Gasteiger partial charge in [0.1, 0.15) is 0 Å². The van der Waals surface area contributed by atoms with Gasteiger partial charge >= 0.3 is 5.69 Å². The monoisotopic (exact) mass is 198 g/mol. The van der Waals surface area contributed by atoms with Gasteiger partial charge in [-0.3, -0.25) is 10.1 Å². The normalized spacial score (nSPS) is 12.5. The Hall–Kier alpha value is -1.49. The standard InChI is InChI=1S/C9H11FN2O2/c1-6(11)5-7-3-2-4-8(9(7)10)12(13)14/h2-4,6H,5,11H2,1H3. The summed E-state index contributed by atoms with van der Waals surface area (Å²) < 4.78 is 13.4. The third-order valence-corrected chi connectivity index (χ3v) is 1.80. The lowest BCUT2D eigenvalue weighted by Gasteiger charge is -2.05. The number of nitro groups is 1. The minimum absolute atomic E-state index is 0.216. The Bertz CT molecular complexity index is 353. The first-order chi connectivity index (χ1) is 6.52. The molecule has 1 aromatic carbocycles. The smallest absolute Gasteiger partial charge is 0.305 e. The van der Waals surface area contributed by atoms with Crippen molar-refractivity contribution in [2.24, 2.45) is 5.73 Å². The van der Waals surface area contributed by atoms with Gasteiger partial charge in [0.15, 0.2) is 0 Å². The molecule has 5 heteroatoms. The fraction of sp³-hybridized carbons (Fsp3) is 0.333. The van der Waals surface area contributed by atoms with Crippen molar-refractivity contribution in [2.45, 2.75) is 19.4 Å². The first-order valence-corrected chi connectivity index (χ1v) is 4.19. The van der Waals surface area contributed by atoms with E-state index in [2.05, 4.69) is 0 Å². The second-order valence-electron chi connectivity index (χ2n) is 3.19. The minimum atomic E-state index is -0.783. The van der Waals surface area contributed by atoms with Crippen molar-refractivity contribution in [1.82, 2.24) is 0 Å². The number of halogens is 1. The maximum Gasteiger partial charge on any atom is 0.305 e. The first kappa shape index (κ1) is 10.6. The van der Waals surface area contributed by atoms with Crippen LogP contribution in [0.1, 0.15) is 12.5 Å². The molecule has 0 aromatic heterocycles. The molecule has 1 unspecified atom stereocenters. The highest BCUT2D eigenvalue weighted by atomic mass is 19.1. The first-order valence-electron chi connectivity index (χ1n) is 4.19. The van der Waals surface area contributed by atoms with Gasteiger partial charge in [0, 0.05) is 12.1 Å². The van der Waals surface area contributed by atoms with Gasteiger partial charge in [-0.25, -0.2) is 0 Å². The van der Waals surface area contributed by atoms with Crippen LogP contribution < -0.4 is 5.73 Å². The van der Waals surface area contributed by atoms with E-state index in [1.807, 2.05) is 0 Å². The molecular formula is C9H11FN2O2. The van der Waals surface area contributed by atoms with Gasteiger partial charge in [-0.2, -0.15) is 4.39 Å². The van der Waals surface area contributed by atoms with E-state index in [4.69, 9.17) is 5.73 Å². The van der Waals surface area contributed by atoms with E-state index in [-0.39, 0.29) is 11.6 Å². The van der Waals surface area contributed by atoms with Gasteiger partial charge in [0.2, 0.25) is 5.82 Å². The molecule has 76 valence electrons. The quantitative estimate of drug-likeness (QED) is 0.592. The predicted molar refractivity (Wildman–Crippen MR) is 50.4 cm³/mol. The van der Waals surface area contributed by atoms with Crippen molar-refractivity contribution >= 4 is 5.69 Å². The predicted octanol–water partition coefficient (Wildman–Crippen LogP) is 1.62. The molecule has 2 N–H and O–H groups in total. The number of nitro benzene ring substituents is 1. The molecular weight excluding hydrogens is 187 g/mol. The van der Waals surface area contributed by atoms with E-state index in [0.29, 0.717) is 6.42 Å². The molecule has 0 radical (unpaired) electrons. The molecule has 0 saturated carbocycles. The summed E-state index contributed by atoms with van der Waals surface area (Å²) in [5.41, 5.74) is 5.27.